The summed E-state index contributed by atoms with van der Waals surface area (Å²) in [4.78, 5) is 12.8. The number of fused-ring (bicyclic) bond motifs is 3. The molecule has 0 saturated heterocycles. The maximum Gasteiger partial charge on any atom is 0.354 e. The predicted molar refractivity (Wildman–Crippen MR) is 106 cm³/mol. The van der Waals surface area contributed by atoms with E-state index in [0.717, 1.165) is 47.9 Å². The normalized spacial score (nSPS) is 21.5. The molecule has 9 nitrogen and oxygen atoms in total. The first-order chi connectivity index (χ1) is 13.9. The number of anilines is 1. The molecule has 2 aliphatic carbocycles. The molecule has 0 fully saturated rings. The van der Waals surface area contributed by atoms with E-state index in [4.69, 9.17) is 9.88 Å². The number of rotatable bonds is 2. The molecule has 1 aromatic carbocycles. The Bertz CT molecular complexity index is 1130. The van der Waals surface area contributed by atoms with Gasteiger partial charge in [-0.25, -0.2) is 18.8 Å². The van der Waals surface area contributed by atoms with Gasteiger partial charge >= 0.3 is 6.03 Å². The van der Waals surface area contributed by atoms with Gasteiger partial charge in [-0.1, -0.05) is 6.07 Å². The van der Waals surface area contributed by atoms with E-state index in [1.807, 2.05) is 0 Å². The van der Waals surface area contributed by atoms with E-state index in [9.17, 15) is 14.1 Å². The predicted octanol–water partition coefficient (Wildman–Crippen LogP) is 2.07. The molecule has 10 heteroatoms. The Labute approximate surface area is 168 Å². The van der Waals surface area contributed by atoms with Gasteiger partial charge in [0.25, 0.3) is 0 Å². The number of carbonyl (C=O) groups is 1. The van der Waals surface area contributed by atoms with Crippen LogP contribution >= 0.6 is 0 Å². The maximum atomic E-state index is 13.0. The van der Waals surface area contributed by atoms with Crippen LogP contribution in [0.2, 0.25) is 0 Å². The lowest BCUT2D eigenvalue weighted by molar-refractivity contribution is 0.180. The van der Waals surface area contributed by atoms with Crippen LogP contribution in [0, 0.1) is 0 Å². The average molecular weight is 417 g/mol. The minimum Gasteiger partial charge on any atom is -0.477 e. The Hall–Kier alpha value is -2.43. The third-order valence-electron chi connectivity index (χ3n) is 5.85. The highest BCUT2D eigenvalue weighted by molar-refractivity contribution is 7.91. The van der Waals surface area contributed by atoms with Crippen LogP contribution in [-0.2, 0) is 35.7 Å². The molecule has 1 aromatic heterocycles. The van der Waals surface area contributed by atoms with Gasteiger partial charge in [-0.2, -0.15) is 5.10 Å². The number of aliphatic hydroxyl groups excluding tert-OH is 1. The number of nitrogens with two attached hydrogens (primary N) is 1. The monoisotopic (exact) mass is 417 g/mol. The van der Waals surface area contributed by atoms with Crippen LogP contribution < -0.4 is 15.2 Å². The van der Waals surface area contributed by atoms with Gasteiger partial charge in [-0.3, -0.25) is 0 Å². The van der Waals surface area contributed by atoms with Crippen molar-refractivity contribution < 1.29 is 18.8 Å². The van der Waals surface area contributed by atoms with Crippen molar-refractivity contribution in [1.82, 2.24) is 9.78 Å². The second-order valence-corrected chi connectivity index (χ2v) is 9.45. The van der Waals surface area contributed by atoms with Crippen molar-refractivity contribution in [3.8, 4) is 5.88 Å². The lowest BCUT2D eigenvalue weighted by Crippen LogP contribution is -2.21. The zero-order valence-electron chi connectivity index (χ0n) is 15.9. The molecule has 2 aromatic rings. The lowest BCUT2D eigenvalue weighted by atomic mass is 9.98. The number of carbonyl (C=O) groups excluding carboxylic acids is 1. The summed E-state index contributed by atoms with van der Waals surface area (Å²) in [7, 11) is -3.51. The van der Waals surface area contributed by atoms with Gasteiger partial charge < -0.3 is 15.2 Å². The molecular formula is C19H23N5O4S. The number of aryl methyl sites for hydroxylation is 2. The van der Waals surface area contributed by atoms with E-state index in [1.165, 1.54) is 6.20 Å². The summed E-state index contributed by atoms with van der Waals surface area (Å²) >= 11 is 0. The molecule has 2 amide bonds. The number of hydrogen-bond donors (Lipinski definition) is 3. The summed E-state index contributed by atoms with van der Waals surface area (Å²) in [5.74, 6) is 0.310. The number of amides is 2. The summed E-state index contributed by atoms with van der Waals surface area (Å²) < 4.78 is 23.9. The van der Waals surface area contributed by atoms with Crippen molar-refractivity contribution in [2.24, 2.45) is 9.50 Å². The van der Waals surface area contributed by atoms with Crippen LogP contribution in [0.4, 0.5) is 10.5 Å². The van der Waals surface area contributed by atoms with Gasteiger partial charge in [0.1, 0.15) is 4.90 Å². The van der Waals surface area contributed by atoms with E-state index in [-0.39, 0.29) is 4.90 Å². The number of hydrogen-bond acceptors (Lipinski definition) is 5. The van der Waals surface area contributed by atoms with Crippen LogP contribution in [0.3, 0.4) is 0 Å². The number of nitrogens with one attached hydrogen (secondary N) is 1. The quantitative estimate of drug-likeness (QED) is 0.688. The van der Waals surface area contributed by atoms with Crippen LogP contribution in [0.1, 0.15) is 47.6 Å². The number of urea groups is 1. The first kappa shape index (κ1) is 18.6. The standard InChI is InChI=1S/C19H23N5O4S/c20-29(27,16-10-21-24-7-2-8-28-18(16)24)23-19(26)22-17-12-4-1-3-11(12)9-14-13(17)5-6-15(14)25/h9-10,15,25H,1-8H2,(H3,20,22,23,26,27). The van der Waals surface area contributed by atoms with Gasteiger partial charge in [0.2, 0.25) is 5.88 Å². The van der Waals surface area contributed by atoms with Crippen molar-refractivity contribution in [2.75, 3.05) is 11.9 Å². The summed E-state index contributed by atoms with van der Waals surface area (Å²) in [5.41, 5.74) is 4.73. The van der Waals surface area contributed by atoms with E-state index >= 15 is 0 Å². The summed E-state index contributed by atoms with van der Waals surface area (Å²) in [6.07, 6.45) is 5.73. The first-order valence-corrected chi connectivity index (χ1v) is 11.4. The topological polar surface area (TPSA) is 132 Å². The average Bonchev–Trinajstić information content (AvgIpc) is 3.40. The molecule has 2 heterocycles. The van der Waals surface area contributed by atoms with E-state index < -0.39 is 22.1 Å². The van der Waals surface area contributed by atoms with Gasteiger partial charge in [-0.05, 0) is 54.4 Å². The van der Waals surface area contributed by atoms with Crippen molar-refractivity contribution in [2.45, 2.75) is 56.1 Å². The van der Waals surface area contributed by atoms with E-state index in [1.54, 1.807) is 4.68 Å². The Morgan fingerprint density at radius 3 is 3.07 bits per heavy atom. The SMILES string of the molecule is NS(=O)(=NC(=O)Nc1c2c(cc3c1CCC3O)CCC2)c1cnn2c1OCCC2. The lowest BCUT2D eigenvalue weighted by Gasteiger charge is -2.17. The molecule has 29 heavy (non-hydrogen) atoms. The Balaban J connectivity index is 1.50. The van der Waals surface area contributed by atoms with Crippen molar-refractivity contribution in [3.63, 3.8) is 0 Å². The third-order valence-corrected chi connectivity index (χ3v) is 7.19. The first-order valence-electron chi connectivity index (χ1n) is 9.84. The number of aliphatic hydroxyl groups is 1. The smallest absolute Gasteiger partial charge is 0.354 e. The molecule has 0 saturated carbocycles. The van der Waals surface area contributed by atoms with Gasteiger partial charge in [-0.15, -0.1) is 4.36 Å². The van der Waals surface area contributed by atoms with E-state index in [2.05, 4.69) is 20.8 Å². The fourth-order valence-electron chi connectivity index (χ4n) is 4.52. The Kier molecular flexibility index (Phi) is 4.37. The van der Waals surface area contributed by atoms with Crippen molar-refractivity contribution in [1.29, 1.82) is 0 Å². The van der Waals surface area contributed by atoms with Crippen molar-refractivity contribution in [3.05, 3.63) is 34.5 Å². The largest absolute Gasteiger partial charge is 0.477 e. The van der Waals surface area contributed by atoms with Gasteiger partial charge in [0, 0.05) is 18.7 Å². The van der Waals surface area contributed by atoms with Crippen LogP contribution in [0.25, 0.3) is 0 Å². The molecule has 0 radical (unpaired) electrons. The zero-order chi connectivity index (χ0) is 20.2. The van der Waals surface area contributed by atoms with Gasteiger partial charge in [0.05, 0.1) is 18.9 Å². The highest BCUT2D eigenvalue weighted by atomic mass is 32.2. The maximum absolute atomic E-state index is 13.0. The third kappa shape index (κ3) is 3.11. The fraction of sp³-hybridized carbons (Fsp3) is 0.474. The second kappa shape index (κ2) is 6.82. The molecule has 0 bridgehead atoms. The number of aromatic nitrogens is 2. The van der Waals surface area contributed by atoms with Crippen LogP contribution in [0.5, 0.6) is 5.88 Å². The van der Waals surface area contributed by atoms with Crippen LogP contribution in [-0.4, -0.2) is 31.7 Å². The minimum absolute atomic E-state index is 0.131. The highest BCUT2D eigenvalue weighted by Gasteiger charge is 2.30. The molecule has 2 atom stereocenters. The minimum atomic E-state index is -3.51. The molecule has 3 aliphatic rings. The summed E-state index contributed by atoms with van der Waals surface area (Å²) in [6.45, 7) is 1.12. The molecule has 0 spiro atoms. The Morgan fingerprint density at radius 2 is 2.21 bits per heavy atom. The van der Waals surface area contributed by atoms with Crippen LogP contribution in [0.15, 0.2) is 21.5 Å². The summed E-state index contributed by atoms with van der Waals surface area (Å²) in [5, 5.41) is 23.2. The molecule has 154 valence electrons. The van der Waals surface area contributed by atoms with Gasteiger partial charge in [0.15, 0.2) is 9.92 Å². The molecule has 2 unspecified atom stereocenters. The number of benzene rings is 1. The Morgan fingerprint density at radius 1 is 1.34 bits per heavy atom. The molecule has 1 aliphatic heterocycles. The number of ether oxygens (including phenoxy) is 1. The molecular weight excluding hydrogens is 394 g/mol. The molecule has 4 N–H and O–H groups in total. The fourth-order valence-corrected chi connectivity index (χ4v) is 5.52. The van der Waals surface area contributed by atoms with Crippen molar-refractivity contribution >= 4 is 21.6 Å². The zero-order valence-corrected chi connectivity index (χ0v) is 16.7. The second-order valence-electron chi connectivity index (χ2n) is 7.69. The summed E-state index contributed by atoms with van der Waals surface area (Å²) in [6, 6.07) is 1.29. The van der Waals surface area contributed by atoms with E-state index in [0.29, 0.717) is 37.6 Å². The number of nitrogens with zero attached hydrogens (tertiary/aromatic N) is 3. The highest BCUT2D eigenvalue weighted by Crippen LogP contribution is 2.42. The molecule has 5 rings (SSSR count).